The van der Waals surface area contributed by atoms with Gasteiger partial charge in [0, 0.05) is 22.7 Å². The van der Waals surface area contributed by atoms with Gasteiger partial charge in [0.2, 0.25) is 5.91 Å². The zero-order chi connectivity index (χ0) is 20.9. The van der Waals surface area contributed by atoms with Gasteiger partial charge < -0.3 is 5.32 Å². The van der Waals surface area contributed by atoms with Crippen LogP contribution in [-0.4, -0.2) is 16.4 Å². The van der Waals surface area contributed by atoms with Gasteiger partial charge in [0.05, 0.1) is 16.6 Å². The second-order valence-corrected chi connectivity index (χ2v) is 7.12. The number of anilines is 1. The van der Waals surface area contributed by atoms with Crippen molar-refractivity contribution in [3.05, 3.63) is 65.1 Å². The van der Waals surface area contributed by atoms with E-state index < -0.39 is 29.0 Å². The van der Waals surface area contributed by atoms with E-state index in [1.165, 1.54) is 6.07 Å². The molecule has 1 saturated carbocycles. The van der Waals surface area contributed by atoms with Crippen LogP contribution in [0.15, 0.2) is 42.5 Å². The van der Waals surface area contributed by atoms with Crippen LogP contribution in [0.25, 0.3) is 10.9 Å². The van der Waals surface area contributed by atoms with E-state index in [1.807, 2.05) is 0 Å². The highest BCUT2D eigenvalue weighted by Gasteiger charge is 2.37. The molecule has 0 unspecified atom stereocenters. The molecule has 4 rings (SSSR count). The number of fused-ring (bicyclic) bond motifs is 1. The van der Waals surface area contributed by atoms with Crippen LogP contribution in [-0.2, 0) is 11.0 Å². The molecule has 1 heterocycles. The molecule has 4 nitrogen and oxygen atoms in total. The van der Waals surface area contributed by atoms with Crippen molar-refractivity contribution in [3.63, 3.8) is 0 Å². The van der Waals surface area contributed by atoms with Gasteiger partial charge in [-0.3, -0.25) is 14.2 Å². The van der Waals surface area contributed by atoms with E-state index >= 15 is 0 Å². The maximum atomic E-state index is 14.3. The Balaban J connectivity index is 1.78. The van der Waals surface area contributed by atoms with E-state index in [1.54, 1.807) is 25.1 Å². The average molecular weight is 404 g/mol. The molecule has 0 spiro atoms. The third kappa shape index (κ3) is 3.50. The highest BCUT2D eigenvalue weighted by Crippen LogP contribution is 2.35. The largest absolute Gasteiger partial charge is 0.417 e. The summed E-state index contributed by atoms with van der Waals surface area (Å²) in [4.78, 5) is 24.9. The number of amides is 1. The third-order valence-electron chi connectivity index (χ3n) is 4.94. The number of nitrogens with zero attached hydrogens (tertiary/aromatic N) is 1. The molecule has 0 radical (unpaired) electrons. The first-order chi connectivity index (χ1) is 13.7. The Labute approximate surface area is 163 Å². The van der Waals surface area contributed by atoms with E-state index in [9.17, 15) is 27.2 Å². The van der Waals surface area contributed by atoms with Crippen LogP contribution in [0, 0.1) is 18.7 Å². The molecule has 8 heteroatoms. The normalized spacial score (nSPS) is 14.2. The number of carbonyl (C=O) groups excluding carboxylic acids is 2. The fourth-order valence-corrected chi connectivity index (χ4v) is 3.38. The second kappa shape index (κ2) is 6.72. The van der Waals surface area contributed by atoms with Gasteiger partial charge in [0.1, 0.15) is 5.82 Å². The van der Waals surface area contributed by atoms with Crippen LogP contribution < -0.4 is 5.32 Å². The van der Waals surface area contributed by atoms with E-state index in [0.29, 0.717) is 28.4 Å². The molecule has 3 aromatic rings. The summed E-state index contributed by atoms with van der Waals surface area (Å²) < 4.78 is 55.3. The fourth-order valence-electron chi connectivity index (χ4n) is 3.38. The number of carbonyl (C=O) groups is 2. The number of benzene rings is 2. The van der Waals surface area contributed by atoms with Gasteiger partial charge in [-0.25, -0.2) is 4.39 Å². The summed E-state index contributed by atoms with van der Waals surface area (Å²) in [6, 6.07) is 8.77. The first-order valence-corrected chi connectivity index (χ1v) is 9.00. The van der Waals surface area contributed by atoms with Crippen LogP contribution in [0.2, 0.25) is 0 Å². The van der Waals surface area contributed by atoms with E-state index in [2.05, 4.69) is 5.32 Å². The summed E-state index contributed by atoms with van der Waals surface area (Å²) in [5.74, 6) is -2.41. The van der Waals surface area contributed by atoms with Crippen LogP contribution in [0.5, 0.6) is 0 Å². The lowest BCUT2D eigenvalue weighted by molar-refractivity contribution is -0.138. The monoisotopic (exact) mass is 404 g/mol. The van der Waals surface area contributed by atoms with Crippen molar-refractivity contribution >= 4 is 28.4 Å². The smallest absolute Gasteiger partial charge is 0.326 e. The van der Waals surface area contributed by atoms with E-state index in [0.717, 1.165) is 29.5 Å². The van der Waals surface area contributed by atoms with Gasteiger partial charge in [0.15, 0.2) is 0 Å². The number of hydrogen-bond acceptors (Lipinski definition) is 2. The number of rotatable bonds is 3. The number of aromatic nitrogens is 1. The summed E-state index contributed by atoms with van der Waals surface area (Å²) >= 11 is 0. The number of aryl methyl sites for hydroxylation is 1. The molecule has 1 fully saturated rings. The van der Waals surface area contributed by atoms with Crippen molar-refractivity contribution in [1.29, 1.82) is 0 Å². The molecule has 0 atom stereocenters. The summed E-state index contributed by atoms with van der Waals surface area (Å²) in [7, 11) is 0. The zero-order valence-electron chi connectivity index (χ0n) is 15.3. The summed E-state index contributed by atoms with van der Waals surface area (Å²) in [6.45, 7) is 1.55. The Bertz CT molecular complexity index is 1140. The van der Waals surface area contributed by atoms with E-state index in [-0.39, 0.29) is 11.8 Å². The molecule has 1 aromatic heterocycles. The van der Waals surface area contributed by atoms with Gasteiger partial charge in [0.25, 0.3) is 5.91 Å². The highest BCUT2D eigenvalue weighted by atomic mass is 19.4. The van der Waals surface area contributed by atoms with Gasteiger partial charge in [-0.2, -0.15) is 13.2 Å². The number of alkyl halides is 3. The average Bonchev–Trinajstić information content (AvgIpc) is 3.43. The Morgan fingerprint density at radius 3 is 2.48 bits per heavy atom. The quantitative estimate of drug-likeness (QED) is 0.615. The minimum Gasteiger partial charge on any atom is -0.326 e. The lowest BCUT2D eigenvalue weighted by atomic mass is 10.1. The molecule has 0 bridgehead atoms. The fraction of sp³-hybridized carbons (Fsp3) is 0.238. The number of halogens is 4. The Kier molecular flexibility index (Phi) is 4.44. The molecule has 0 saturated heterocycles. The van der Waals surface area contributed by atoms with Crippen molar-refractivity contribution < 1.29 is 27.2 Å². The molecule has 1 N–H and O–H groups in total. The topological polar surface area (TPSA) is 51.1 Å². The molecular weight excluding hydrogens is 388 g/mol. The molecule has 29 heavy (non-hydrogen) atoms. The molecule has 0 aliphatic heterocycles. The van der Waals surface area contributed by atoms with Crippen LogP contribution >= 0.6 is 0 Å². The minimum atomic E-state index is -4.87. The van der Waals surface area contributed by atoms with Crippen molar-refractivity contribution in [2.75, 3.05) is 5.32 Å². The first kappa shape index (κ1) is 19.2. The van der Waals surface area contributed by atoms with Gasteiger partial charge in [-0.05, 0) is 56.2 Å². The maximum Gasteiger partial charge on any atom is 0.417 e. The van der Waals surface area contributed by atoms with Gasteiger partial charge in [-0.15, -0.1) is 0 Å². The lowest BCUT2D eigenvalue weighted by Gasteiger charge is -2.14. The van der Waals surface area contributed by atoms with Crippen LogP contribution in [0.4, 0.5) is 23.2 Å². The Morgan fingerprint density at radius 2 is 1.83 bits per heavy atom. The standard InChI is InChI=1S/C21H16F4N2O2/c1-11-9-13-10-14(26-19(28)12-5-6-12)7-8-17(13)27(11)20(29)18-15(21(23,24)25)3-2-4-16(18)22/h2-4,7-10,12H,5-6H2,1H3,(H,26,28). The molecule has 2 aromatic carbocycles. The van der Waals surface area contributed by atoms with E-state index in [4.69, 9.17) is 0 Å². The molecular formula is C21H16F4N2O2. The predicted molar refractivity (Wildman–Crippen MR) is 99.2 cm³/mol. The number of hydrogen-bond donors (Lipinski definition) is 1. The molecule has 1 aliphatic carbocycles. The minimum absolute atomic E-state index is 0.0143. The van der Waals surface area contributed by atoms with Crippen molar-refractivity contribution in [3.8, 4) is 0 Å². The lowest BCUT2D eigenvalue weighted by Crippen LogP contribution is -2.21. The zero-order valence-corrected chi connectivity index (χ0v) is 15.3. The van der Waals surface area contributed by atoms with Gasteiger partial charge >= 0.3 is 6.18 Å². The van der Waals surface area contributed by atoms with Crippen LogP contribution in [0.3, 0.4) is 0 Å². The van der Waals surface area contributed by atoms with Crippen molar-refractivity contribution in [2.45, 2.75) is 25.9 Å². The molecule has 1 amide bonds. The molecule has 150 valence electrons. The second-order valence-electron chi connectivity index (χ2n) is 7.12. The summed E-state index contributed by atoms with van der Waals surface area (Å²) in [5, 5.41) is 3.33. The van der Waals surface area contributed by atoms with Crippen molar-refractivity contribution in [1.82, 2.24) is 4.57 Å². The molecule has 1 aliphatic rings. The van der Waals surface area contributed by atoms with Gasteiger partial charge in [-0.1, -0.05) is 6.07 Å². The Hall–Kier alpha value is -3.16. The summed E-state index contributed by atoms with van der Waals surface area (Å²) in [5.41, 5.74) is -1.13. The number of nitrogens with one attached hydrogen (secondary N) is 1. The van der Waals surface area contributed by atoms with Crippen molar-refractivity contribution in [2.24, 2.45) is 5.92 Å². The maximum absolute atomic E-state index is 14.3. The highest BCUT2D eigenvalue weighted by molar-refractivity contribution is 6.05. The SMILES string of the molecule is Cc1cc2cc(NC(=O)C3CC3)ccc2n1C(=O)c1c(F)cccc1C(F)(F)F. The van der Waals surface area contributed by atoms with Crippen LogP contribution in [0.1, 0.15) is 34.5 Å². The summed E-state index contributed by atoms with van der Waals surface area (Å²) in [6.07, 6.45) is -3.17. The third-order valence-corrected chi connectivity index (χ3v) is 4.94. The predicted octanol–water partition coefficient (Wildman–Crippen LogP) is 5.14. The first-order valence-electron chi connectivity index (χ1n) is 9.00. The Morgan fingerprint density at radius 1 is 1.10 bits per heavy atom.